The molecule has 0 aliphatic rings. The Hall–Kier alpha value is -1.90. The summed E-state index contributed by atoms with van der Waals surface area (Å²) in [5.41, 5.74) is 9.49. The summed E-state index contributed by atoms with van der Waals surface area (Å²) in [5.74, 6) is 0.873. The van der Waals surface area contributed by atoms with Gasteiger partial charge in [-0.25, -0.2) is 9.97 Å². The van der Waals surface area contributed by atoms with E-state index in [0.29, 0.717) is 0 Å². The van der Waals surface area contributed by atoms with Gasteiger partial charge in [0.2, 0.25) is 0 Å². The Balaban J connectivity index is 2.51. The summed E-state index contributed by atoms with van der Waals surface area (Å²) in [7, 11) is 0. The molecular formula is C13H15N3. The van der Waals surface area contributed by atoms with Gasteiger partial charge < -0.3 is 5.73 Å². The van der Waals surface area contributed by atoms with Crippen molar-refractivity contribution in [2.24, 2.45) is 0 Å². The minimum absolute atomic E-state index is 0.756. The van der Waals surface area contributed by atoms with Gasteiger partial charge in [0.15, 0.2) is 0 Å². The maximum Gasteiger partial charge on any atom is 0.128 e. The highest BCUT2D eigenvalue weighted by Crippen LogP contribution is 2.20. The molecule has 0 saturated heterocycles. The molecule has 0 fully saturated rings. The summed E-state index contributed by atoms with van der Waals surface area (Å²) in [6.07, 6.45) is 0.844. The third-order valence-electron chi connectivity index (χ3n) is 2.40. The van der Waals surface area contributed by atoms with Crippen LogP contribution in [0.3, 0.4) is 0 Å². The molecule has 0 aliphatic carbocycles. The smallest absolute Gasteiger partial charge is 0.128 e. The Labute approximate surface area is 95.4 Å². The molecule has 3 heteroatoms. The Kier molecular flexibility index (Phi) is 2.86. The highest BCUT2D eigenvalue weighted by Gasteiger charge is 2.03. The number of hydrogen-bond acceptors (Lipinski definition) is 3. The highest BCUT2D eigenvalue weighted by molar-refractivity contribution is 5.64. The molecular weight excluding hydrogens is 198 g/mol. The predicted octanol–water partition coefficient (Wildman–Crippen LogP) is 2.60. The van der Waals surface area contributed by atoms with Gasteiger partial charge in [-0.15, -0.1) is 0 Å². The minimum atomic E-state index is 0.756. The topological polar surface area (TPSA) is 51.8 Å². The van der Waals surface area contributed by atoms with Crippen molar-refractivity contribution in [2.45, 2.75) is 20.3 Å². The van der Waals surface area contributed by atoms with E-state index in [1.807, 2.05) is 37.3 Å². The second-order valence-corrected chi connectivity index (χ2v) is 3.79. The number of nitrogen functional groups attached to an aromatic ring is 1. The van der Waals surface area contributed by atoms with Crippen LogP contribution < -0.4 is 5.73 Å². The van der Waals surface area contributed by atoms with Gasteiger partial charge in [-0.1, -0.05) is 19.1 Å². The third kappa shape index (κ3) is 2.19. The van der Waals surface area contributed by atoms with Crippen LogP contribution in [-0.4, -0.2) is 9.97 Å². The second-order valence-electron chi connectivity index (χ2n) is 3.79. The third-order valence-corrected chi connectivity index (χ3v) is 2.40. The lowest BCUT2D eigenvalue weighted by molar-refractivity contribution is 0.921. The van der Waals surface area contributed by atoms with E-state index in [1.165, 1.54) is 0 Å². The molecule has 82 valence electrons. The number of nitrogens with zero attached hydrogens (tertiary/aromatic N) is 2. The quantitative estimate of drug-likeness (QED) is 0.780. The molecule has 0 aliphatic heterocycles. The fraction of sp³-hybridized carbons (Fsp3) is 0.231. The standard InChI is InChI=1S/C13H15N3/c1-3-13-15-9(2)7-12(16-13)10-5-4-6-11(14)8-10/h4-8H,3,14H2,1-2H3. The van der Waals surface area contributed by atoms with E-state index in [0.717, 1.165) is 34.9 Å². The van der Waals surface area contributed by atoms with Crippen LogP contribution in [0, 0.1) is 6.92 Å². The molecule has 3 nitrogen and oxygen atoms in total. The Morgan fingerprint density at radius 1 is 1.19 bits per heavy atom. The van der Waals surface area contributed by atoms with Crippen LogP contribution in [0.1, 0.15) is 18.4 Å². The molecule has 0 amide bonds. The molecule has 1 heterocycles. The minimum Gasteiger partial charge on any atom is -0.399 e. The highest BCUT2D eigenvalue weighted by atomic mass is 14.9. The molecule has 2 aromatic rings. The molecule has 2 N–H and O–H groups in total. The lowest BCUT2D eigenvalue weighted by Crippen LogP contribution is -1.97. The normalized spacial score (nSPS) is 10.4. The number of rotatable bonds is 2. The van der Waals surface area contributed by atoms with E-state index in [9.17, 15) is 0 Å². The van der Waals surface area contributed by atoms with Crippen molar-refractivity contribution in [2.75, 3.05) is 5.73 Å². The number of hydrogen-bond donors (Lipinski definition) is 1. The first-order chi connectivity index (χ1) is 7.69. The summed E-state index contributed by atoms with van der Waals surface area (Å²) in [6, 6.07) is 9.73. The SMILES string of the molecule is CCc1nc(C)cc(-c2cccc(N)c2)n1. The maximum absolute atomic E-state index is 5.76. The summed E-state index contributed by atoms with van der Waals surface area (Å²) in [6.45, 7) is 4.04. The van der Waals surface area contributed by atoms with Crippen molar-refractivity contribution in [3.8, 4) is 11.3 Å². The average molecular weight is 213 g/mol. The van der Waals surface area contributed by atoms with Crippen molar-refractivity contribution in [3.63, 3.8) is 0 Å². The number of nitrogens with two attached hydrogens (primary N) is 1. The molecule has 0 radical (unpaired) electrons. The van der Waals surface area contributed by atoms with Crippen LogP contribution in [0.2, 0.25) is 0 Å². The van der Waals surface area contributed by atoms with Crippen molar-refractivity contribution >= 4 is 5.69 Å². The zero-order chi connectivity index (χ0) is 11.5. The van der Waals surface area contributed by atoms with E-state index in [2.05, 4.69) is 16.9 Å². The van der Waals surface area contributed by atoms with Gasteiger partial charge in [0.05, 0.1) is 5.69 Å². The molecule has 0 unspecified atom stereocenters. The molecule has 1 aromatic carbocycles. The molecule has 16 heavy (non-hydrogen) atoms. The Morgan fingerprint density at radius 3 is 2.69 bits per heavy atom. The van der Waals surface area contributed by atoms with Gasteiger partial charge in [0.1, 0.15) is 5.82 Å². The first-order valence-electron chi connectivity index (χ1n) is 5.39. The van der Waals surface area contributed by atoms with Crippen LogP contribution in [0.25, 0.3) is 11.3 Å². The van der Waals surface area contributed by atoms with E-state index in [1.54, 1.807) is 0 Å². The van der Waals surface area contributed by atoms with Crippen LogP contribution in [0.4, 0.5) is 5.69 Å². The number of aromatic nitrogens is 2. The fourth-order valence-corrected chi connectivity index (χ4v) is 1.63. The summed E-state index contributed by atoms with van der Waals surface area (Å²) in [5, 5.41) is 0. The van der Waals surface area contributed by atoms with Gasteiger partial charge in [-0.05, 0) is 25.1 Å². The van der Waals surface area contributed by atoms with Gasteiger partial charge in [0.25, 0.3) is 0 Å². The number of aryl methyl sites for hydroxylation is 2. The Bertz CT molecular complexity index is 506. The second kappa shape index (κ2) is 4.31. The van der Waals surface area contributed by atoms with E-state index in [4.69, 9.17) is 5.73 Å². The molecule has 2 rings (SSSR count). The molecule has 0 atom stereocenters. The van der Waals surface area contributed by atoms with Gasteiger partial charge in [-0.2, -0.15) is 0 Å². The zero-order valence-corrected chi connectivity index (χ0v) is 9.57. The van der Waals surface area contributed by atoms with Crippen molar-refractivity contribution in [3.05, 3.63) is 41.9 Å². The van der Waals surface area contributed by atoms with E-state index in [-0.39, 0.29) is 0 Å². The zero-order valence-electron chi connectivity index (χ0n) is 9.57. The monoisotopic (exact) mass is 213 g/mol. The maximum atomic E-state index is 5.76. The van der Waals surface area contributed by atoms with Gasteiger partial charge in [0, 0.05) is 23.4 Å². The summed E-state index contributed by atoms with van der Waals surface area (Å²) in [4.78, 5) is 8.85. The molecule has 0 spiro atoms. The predicted molar refractivity (Wildman–Crippen MR) is 66.0 cm³/mol. The van der Waals surface area contributed by atoms with Crippen molar-refractivity contribution < 1.29 is 0 Å². The number of benzene rings is 1. The lowest BCUT2D eigenvalue weighted by atomic mass is 10.1. The van der Waals surface area contributed by atoms with Gasteiger partial charge in [-0.3, -0.25) is 0 Å². The lowest BCUT2D eigenvalue weighted by Gasteiger charge is -2.05. The summed E-state index contributed by atoms with van der Waals surface area (Å²) >= 11 is 0. The van der Waals surface area contributed by atoms with Crippen LogP contribution >= 0.6 is 0 Å². The summed E-state index contributed by atoms with van der Waals surface area (Å²) < 4.78 is 0. The average Bonchev–Trinajstić information content (AvgIpc) is 2.28. The van der Waals surface area contributed by atoms with Crippen molar-refractivity contribution in [1.29, 1.82) is 0 Å². The first kappa shape index (κ1) is 10.6. The number of anilines is 1. The van der Waals surface area contributed by atoms with E-state index >= 15 is 0 Å². The largest absolute Gasteiger partial charge is 0.399 e. The first-order valence-corrected chi connectivity index (χ1v) is 5.39. The molecule has 0 saturated carbocycles. The fourth-order valence-electron chi connectivity index (χ4n) is 1.63. The van der Waals surface area contributed by atoms with Crippen LogP contribution in [-0.2, 0) is 6.42 Å². The molecule has 1 aromatic heterocycles. The van der Waals surface area contributed by atoms with Crippen LogP contribution in [0.15, 0.2) is 30.3 Å². The van der Waals surface area contributed by atoms with Crippen molar-refractivity contribution in [1.82, 2.24) is 9.97 Å². The Morgan fingerprint density at radius 2 is 2.00 bits per heavy atom. The van der Waals surface area contributed by atoms with Crippen LogP contribution in [0.5, 0.6) is 0 Å². The molecule has 0 bridgehead atoms. The van der Waals surface area contributed by atoms with Gasteiger partial charge >= 0.3 is 0 Å². The van der Waals surface area contributed by atoms with E-state index < -0.39 is 0 Å².